The van der Waals surface area contributed by atoms with Crippen LogP contribution in [0.25, 0.3) is 32.8 Å². The maximum Gasteiger partial charge on any atom is 0.319 e. The summed E-state index contributed by atoms with van der Waals surface area (Å²) in [7, 11) is 0. The molecule has 3 atom stereocenters. The number of aromatic nitrogens is 2. The third-order valence-electron chi connectivity index (χ3n) is 9.93. The van der Waals surface area contributed by atoms with Gasteiger partial charge in [0.15, 0.2) is 5.82 Å². The molecule has 218 valence electrons. The molecular weight excluding hydrogens is 557 g/mol. The van der Waals surface area contributed by atoms with Crippen LogP contribution >= 0.6 is 11.6 Å². The highest BCUT2D eigenvalue weighted by Gasteiger charge is 2.46. The number of rotatable bonds is 5. The fourth-order valence-electron chi connectivity index (χ4n) is 7.98. The van der Waals surface area contributed by atoms with E-state index >= 15 is 4.39 Å². The van der Waals surface area contributed by atoms with Gasteiger partial charge in [-0.25, -0.2) is 4.39 Å². The number of halogens is 2. The Morgan fingerprint density at radius 1 is 1.07 bits per heavy atom. The number of ether oxygens (including phenoxy) is 1. The van der Waals surface area contributed by atoms with Gasteiger partial charge in [-0.3, -0.25) is 4.90 Å². The molecule has 8 nitrogen and oxygen atoms in total. The Hall–Kier alpha value is -3.24. The number of benzene rings is 3. The summed E-state index contributed by atoms with van der Waals surface area (Å²) < 4.78 is 23.2. The second-order valence-corrected chi connectivity index (χ2v) is 12.7. The van der Waals surface area contributed by atoms with Crippen LogP contribution in [0.5, 0.6) is 11.8 Å². The van der Waals surface area contributed by atoms with Crippen LogP contribution in [0.15, 0.2) is 42.5 Å². The first-order valence-corrected chi connectivity index (χ1v) is 15.3. The molecule has 8 rings (SSSR count). The van der Waals surface area contributed by atoms with Gasteiger partial charge in [-0.2, -0.15) is 9.97 Å². The van der Waals surface area contributed by atoms with Crippen LogP contribution in [-0.4, -0.2) is 81.6 Å². The second kappa shape index (κ2) is 9.91. The number of nitrogens with zero attached hydrogens (tertiary/aromatic N) is 4. The highest BCUT2D eigenvalue weighted by atomic mass is 35.5. The molecule has 3 unspecified atom stereocenters. The summed E-state index contributed by atoms with van der Waals surface area (Å²) in [6.07, 6.45) is 4.50. The van der Waals surface area contributed by atoms with Gasteiger partial charge in [-0.15, -0.1) is 0 Å². The summed E-state index contributed by atoms with van der Waals surface area (Å²) >= 11 is 6.88. The average Bonchev–Trinajstić information content (AvgIpc) is 3.61. The lowest BCUT2D eigenvalue weighted by Gasteiger charge is -2.37. The van der Waals surface area contributed by atoms with Crippen molar-refractivity contribution in [2.75, 3.05) is 37.7 Å². The van der Waals surface area contributed by atoms with E-state index in [2.05, 4.69) is 20.1 Å². The molecule has 4 aromatic rings. The topological polar surface area (TPSA) is 94.0 Å². The van der Waals surface area contributed by atoms with Gasteiger partial charge < -0.3 is 25.2 Å². The molecule has 0 saturated carbocycles. The second-order valence-electron chi connectivity index (χ2n) is 12.3. The third-order valence-corrected chi connectivity index (χ3v) is 10.2. The van der Waals surface area contributed by atoms with Gasteiger partial charge in [0.25, 0.3) is 0 Å². The molecule has 0 radical (unpaired) electrons. The lowest BCUT2D eigenvalue weighted by molar-refractivity contribution is 0.107. The molecule has 4 fully saturated rings. The van der Waals surface area contributed by atoms with Crippen molar-refractivity contribution in [1.29, 1.82) is 0 Å². The number of anilines is 1. The van der Waals surface area contributed by atoms with Crippen LogP contribution in [0, 0.1) is 5.82 Å². The Labute approximate surface area is 248 Å². The molecule has 4 saturated heterocycles. The number of aliphatic hydroxyl groups is 1. The molecule has 1 aromatic heterocycles. The molecule has 2 bridgehead atoms. The van der Waals surface area contributed by atoms with E-state index in [4.69, 9.17) is 21.3 Å². The molecule has 3 aromatic carbocycles. The van der Waals surface area contributed by atoms with Crippen LogP contribution in [0.4, 0.5) is 10.2 Å². The van der Waals surface area contributed by atoms with Gasteiger partial charge in [0, 0.05) is 30.1 Å². The number of nitrogens with one attached hydrogen (secondary N) is 1. The van der Waals surface area contributed by atoms with Gasteiger partial charge in [0.05, 0.1) is 22.7 Å². The fraction of sp³-hybridized carbons (Fsp3) is 0.438. The Bertz CT molecular complexity index is 1710. The fourth-order valence-corrected chi connectivity index (χ4v) is 8.27. The van der Waals surface area contributed by atoms with E-state index in [1.54, 1.807) is 18.2 Å². The first kappa shape index (κ1) is 26.4. The minimum atomic E-state index is -0.591. The van der Waals surface area contributed by atoms with Crippen molar-refractivity contribution < 1.29 is 19.3 Å². The zero-order valence-corrected chi connectivity index (χ0v) is 23.9. The third kappa shape index (κ3) is 4.05. The summed E-state index contributed by atoms with van der Waals surface area (Å²) in [6.45, 7) is 3.89. The SMILES string of the molecule is Oc1cc(-c2c(Cl)cc3c(N4C5CNCC4C(O)C5)nc(OCC45CCCN4CCC5)nc3c2F)c2ccccc2c1. The lowest BCUT2D eigenvalue weighted by atomic mass is 9.95. The van der Waals surface area contributed by atoms with Crippen molar-refractivity contribution in [3.8, 4) is 22.9 Å². The minimum Gasteiger partial charge on any atom is -0.508 e. The number of hydrogen-bond donors (Lipinski definition) is 3. The largest absolute Gasteiger partial charge is 0.508 e. The van der Waals surface area contributed by atoms with E-state index in [0.717, 1.165) is 49.5 Å². The van der Waals surface area contributed by atoms with Gasteiger partial charge in [-0.05, 0) is 79.7 Å². The van der Waals surface area contributed by atoms with Crippen molar-refractivity contribution in [2.45, 2.75) is 55.8 Å². The van der Waals surface area contributed by atoms with Gasteiger partial charge in [-0.1, -0.05) is 35.9 Å². The van der Waals surface area contributed by atoms with E-state index in [0.29, 0.717) is 42.9 Å². The molecule has 4 aliphatic heterocycles. The van der Waals surface area contributed by atoms with E-state index in [1.165, 1.54) is 0 Å². The highest BCUT2D eigenvalue weighted by molar-refractivity contribution is 6.35. The lowest BCUT2D eigenvalue weighted by Crippen LogP contribution is -2.54. The van der Waals surface area contributed by atoms with Crippen molar-refractivity contribution in [2.24, 2.45) is 0 Å². The number of aromatic hydroxyl groups is 1. The molecule has 3 N–H and O–H groups in total. The quantitative estimate of drug-likeness (QED) is 0.304. The molecule has 0 aliphatic carbocycles. The first-order chi connectivity index (χ1) is 20.4. The molecule has 42 heavy (non-hydrogen) atoms. The zero-order valence-electron chi connectivity index (χ0n) is 23.2. The number of hydrogen-bond acceptors (Lipinski definition) is 8. The predicted molar refractivity (Wildman–Crippen MR) is 161 cm³/mol. The number of phenols is 1. The molecule has 5 heterocycles. The van der Waals surface area contributed by atoms with Crippen LogP contribution in [0.2, 0.25) is 5.02 Å². The normalized spacial score (nSPS) is 25.0. The van der Waals surface area contributed by atoms with Crippen LogP contribution in [-0.2, 0) is 0 Å². The summed E-state index contributed by atoms with van der Waals surface area (Å²) in [4.78, 5) is 14.2. The monoisotopic (exact) mass is 589 g/mol. The van der Waals surface area contributed by atoms with Crippen molar-refractivity contribution in [1.82, 2.24) is 20.2 Å². The standard InChI is InChI=1S/C32H33ClFN5O3/c33-24-14-23-29(28(34)27(24)22-13-20(40)11-18-5-1-2-6-21(18)22)36-31(42-17-32-7-3-9-38(32)10-4-8-32)37-30(23)39-19-12-26(41)25(39)16-35-15-19/h1-2,5-6,11,13-14,19,25-26,35,40-41H,3-4,7-10,12,15-17H2. The molecule has 0 amide bonds. The van der Waals surface area contributed by atoms with Crippen LogP contribution in [0.3, 0.4) is 0 Å². The minimum absolute atomic E-state index is 0.0000215. The number of aliphatic hydroxyl groups excluding tert-OH is 1. The Kier molecular flexibility index (Phi) is 6.23. The van der Waals surface area contributed by atoms with E-state index < -0.39 is 11.9 Å². The van der Waals surface area contributed by atoms with Crippen LogP contribution in [0.1, 0.15) is 32.1 Å². The summed E-state index contributed by atoms with van der Waals surface area (Å²) in [6, 6.07) is 12.3. The van der Waals surface area contributed by atoms with Crippen molar-refractivity contribution >= 4 is 39.1 Å². The molecule has 0 spiro atoms. The number of fused-ring (bicyclic) bond motifs is 5. The smallest absolute Gasteiger partial charge is 0.319 e. The van der Waals surface area contributed by atoms with Crippen LogP contribution < -0.4 is 15.0 Å². The number of piperazine rings is 1. The van der Waals surface area contributed by atoms with Gasteiger partial charge in [0.1, 0.15) is 23.7 Å². The van der Waals surface area contributed by atoms with E-state index in [9.17, 15) is 10.2 Å². The number of phenolic OH excluding ortho intramolecular Hbond substituents is 1. The van der Waals surface area contributed by atoms with E-state index in [-0.39, 0.29) is 45.5 Å². The average molecular weight is 590 g/mol. The summed E-state index contributed by atoms with van der Waals surface area (Å²) in [5.74, 6) is -0.0374. The Balaban J connectivity index is 1.31. The summed E-state index contributed by atoms with van der Waals surface area (Å²) in [5, 5.41) is 27.0. The van der Waals surface area contributed by atoms with E-state index in [1.807, 2.05) is 24.3 Å². The summed E-state index contributed by atoms with van der Waals surface area (Å²) in [5.41, 5.74) is 0.752. The van der Waals surface area contributed by atoms with Gasteiger partial charge in [0.2, 0.25) is 0 Å². The Morgan fingerprint density at radius 3 is 2.69 bits per heavy atom. The van der Waals surface area contributed by atoms with Crippen molar-refractivity contribution in [3.05, 3.63) is 53.3 Å². The zero-order chi connectivity index (χ0) is 28.6. The van der Waals surface area contributed by atoms with Crippen molar-refractivity contribution in [3.63, 3.8) is 0 Å². The molecule has 4 aliphatic rings. The first-order valence-electron chi connectivity index (χ1n) is 14.9. The Morgan fingerprint density at radius 2 is 1.88 bits per heavy atom. The molecular formula is C32H33ClFN5O3. The van der Waals surface area contributed by atoms with Gasteiger partial charge >= 0.3 is 6.01 Å². The predicted octanol–water partition coefficient (Wildman–Crippen LogP) is 4.87. The maximum atomic E-state index is 16.8. The maximum absolute atomic E-state index is 16.8. The highest BCUT2D eigenvalue weighted by Crippen LogP contribution is 2.45. The molecule has 10 heteroatoms.